The van der Waals surface area contributed by atoms with Gasteiger partial charge in [-0.2, -0.15) is 0 Å². The van der Waals surface area contributed by atoms with E-state index in [1.165, 1.54) is 0 Å². The Kier molecular flexibility index (Phi) is 4.24. The van der Waals surface area contributed by atoms with Crippen LogP contribution in [0.3, 0.4) is 0 Å². The third-order valence-electron chi connectivity index (χ3n) is 2.09. The normalized spacial score (nSPS) is 12.8. The van der Waals surface area contributed by atoms with Gasteiger partial charge < -0.3 is 11.1 Å². The smallest absolute Gasteiger partial charge is 0.342 e. The number of hydrogen-bond acceptors (Lipinski definition) is 5. The molecular weight excluding hydrogens is 210 g/mol. The van der Waals surface area contributed by atoms with E-state index in [0.29, 0.717) is 12.5 Å². The van der Waals surface area contributed by atoms with Gasteiger partial charge in [0.25, 0.3) is 5.56 Å². The standard InChI is InChI=1S/C9H17N5O2/c1-5(2)3-6(4-10)11-7-8(15)12-9(16)14-13-7/h5-6H,3-4,10H2,1-2H3,(H,11,13)(H2,12,14,15,16). The molecule has 0 aliphatic heterocycles. The minimum Gasteiger partial charge on any atom is -0.360 e. The fourth-order valence-corrected chi connectivity index (χ4v) is 1.42. The molecule has 1 heterocycles. The first-order valence-corrected chi connectivity index (χ1v) is 5.18. The molecule has 1 atom stereocenters. The molecule has 0 amide bonds. The molecule has 7 nitrogen and oxygen atoms in total. The molecule has 90 valence electrons. The summed E-state index contributed by atoms with van der Waals surface area (Å²) in [6.45, 7) is 4.53. The summed E-state index contributed by atoms with van der Waals surface area (Å²) in [5.41, 5.74) is 4.42. The Morgan fingerprint density at radius 2 is 2.12 bits per heavy atom. The van der Waals surface area contributed by atoms with Gasteiger partial charge in [0.05, 0.1) is 0 Å². The van der Waals surface area contributed by atoms with Gasteiger partial charge in [0.1, 0.15) is 0 Å². The molecule has 0 saturated heterocycles. The van der Waals surface area contributed by atoms with Crippen LogP contribution in [-0.4, -0.2) is 27.8 Å². The van der Waals surface area contributed by atoms with Crippen molar-refractivity contribution in [3.63, 3.8) is 0 Å². The molecule has 5 N–H and O–H groups in total. The molecule has 0 fully saturated rings. The molecule has 0 spiro atoms. The number of anilines is 1. The molecule has 7 heteroatoms. The van der Waals surface area contributed by atoms with Gasteiger partial charge in [0, 0.05) is 12.6 Å². The van der Waals surface area contributed by atoms with Gasteiger partial charge in [-0.05, 0) is 12.3 Å². The van der Waals surface area contributed by atoms with Crippen molar-refractivity contribution in [2.45, 2.75) is 26.3 Å². The number of aromatic amines is 2. The first kappa shape index (κ1) is 12.4. The highest BCUT2D eigenvalue weighted by atomic mass is 16.2. The van der Waals surface area contributed by atoms with Gasteiger partial charge in [0.15, 0.2) is 0 Å². The topological polar surface area (TPSA) is 117 Å². The Balaban J connectivity index is 2.78. The van der Waals surface area contributed by atoms with Crippen LogP contribution in [0.2, 0.25) is 0 Å². The third kappa shape index (κ3) is 3.50. The zero-order valence-electron chi connectivity index (χ0n) is 9.41. The van der Waals surface area contributed by atoms with E-state index in [-0.39, 0.29) is 11.9 Å². The van der Waals surface area contributed by atoms with Crippen LogP contribution in [0, 0.1) is 5.92 Å². The molecule has 1 unspecified atom stereocenters. The van der Waals surface area contributed by atoms with Crippen molar-refractivity contribution in [2.24, 2.45) is 11.7 Å². The average Bonchev–Trinajstić information content (AvgIpc) is 2.20. The summed E-state index contributed by atoms with van der Waals surface area (Å²) in [5, 5.41) is 8.69. The summed E-state index contributed by atoms with van der Waals surface area (Å²) in [4.78, 5) is 24.2. The molecule has 1 aromatic rings. The molecule has 0 radical (unpaired) electrons. The second-order valence-corrected chi connectivity index (χ2v) is 4.06. The van der Waals surface area contributed by atoms with Crippen molar-refractivity contribution in [2.75, 3.05) is 11.9 Å². The predicted molar refractivity (Wildman–Crippen MR) is 61.4 cm³/mol. The maximum absolute atomic E-state index is 11.3. The van der Waals surface area contributed by atoms with Crippen molar-refractivity contribution < 1.29 is 0 Å². The number of nitrogens with two attached hydrogens (primary N) is 1. The van der Waals surface area contributed by atoms with Crippen molar-refractivity contribution in [3.8, 4) is 0 Å². The summed E-state index contributed by atoms with van der Waals surface area (Å²) in [5.74, 6) is 0.554. The minimum absolute atomic E-state index is 0.0282. The Morgan fingerprint density at radius 1 is 1.44 bits per heavy atom. The van der Waals surface area contributed by atoms with E-state index in [1.54, 1.807) is 0 Å². The van der Waals surface area contributed by atoms with E-state index in [9.17, 15) is 9.59 Å². The second-order valence-electron chi connectivity index (χ2n) is 4.06. The van der Waals surface area contributed by atoms with Crippen molar-refractivity contribution in [1.82, 2.24) is 15.2 Å². The first-order chi connectivity index (χ1) is 7.52. The Hall–Kier alpha value is -1.63. The summed E-state index contributed by atoms with van der Waals surface area (Å²) in [6, 6.07) is -0.0282. The molecule has 1 rings (SSSR count). The second kappa shape index (κ2) is 5.45. The van der Waals surface area contributed by atoms with Crippen LogP contribution in [0.15, 0.2) is 9.59 Å². The number of rotatable bonds is 5. The zero-order valence-corrected chi connectivity index (χ0v) is 9.41. The molecule has 1 aromatic heterocycles. The molecule has 0 aliphatic rings. The lowest BCUT2D eigenvalue weighted by Gasteiger charge is -2.18. The Morgan fingerprint density at radius 3 is 2.62 bits per heavy atom. The van der Waals surface area contributed by atoms with E-state index < -0.39 is 11.2 Å². The predicted octanol–water partition coefficient (Wildman–Crippen LogP) is -0.756. The van der Waals surface area contributed by atoms with Crippen molar-refractivity contribution in [3.05, 3.63) is 20.8 Å². The number of H-pyrrole nitrogens is 2. The molecular formula is C9H17N5O2. The SMILES string of the molecule is CC(C)CC(CN)Nc1n[nH]c(=O)[nH]c1=O. The monoisotopic (exact) mass is 227 g/mol. The van der Waals surface area contributed by atoms with Gasteiger partial charge in [-0.1, -0.05) is 13.8 Å². The maximum atomic E-state index is 11.3. The lowest BCUT2D eigenvalue weighted by Crippen LogP contribution is -2.35. The van der Waals surface area contributed by atoms with Gasteiger partial charge in [0.2, 0.25) is 5.82 Å². The third-order valence-corrected chi connectivity index (χ3v) is 2.09. The van der Waals surface area contributed by atoms with Crippen LogP contribution in [0.25, 0.3) is 0 Å². The summed E-state index contributed by atoms with van der Waals surface area (Å²) < 4.78 is 0. The van der Waals surface area contributed by atoms with Crippen LogP contribution >= 0.6 is 0 Å². The molecule has 0 aliphatic carbocycles. The highest BCUT2D eigenvalue weighted by molar-refractivity contribution is 5.30. The number of nitrogens with zero attached hydrogens (tertiary/aromatic N) is 1. The quantitative estimate of drug-likeness (QED) is 0.527. The maximum Gasteiger partial charge on any atom is 0.342 e. The van der Waals surface area contributed by atoms with E-state index in [2.05, 4.69) is 34.3 Å². The van der Waals surface area contributed by atoms with Gasteiger partial charge >= 0.3 is 5.69 Å². The largest absolute Gasteiger partial charge is 0.360 e. The summed E-state index contributed by atoms with van der Waals surface area (Å²) in [6.07, 6.45) is 0.830. The van der Waals surface area contributed by atoms with Gasteiger partial charge in [-0.25, -0.2) is 9.89 Å². The molecule has 0 aromatic carbocycles. The summed E-state index contributed by atoms with van der Waals surface area (Å²) in [7, 11) is 0. The van der Waals surface area contributed by atoms with E-state index in [4.69, 9.17) is 5.73 Å². The van der Waals surface area contributed by atoms with Crippen molar-refractivity contribution >= 4 is 5.82 Å². The van der Waals surface area contributed by atoms with Crippen molar-refractivity contribution in [1.29, 1.82) is 0 Å². The van der Waals surface area contributed by atoms with Crippen LogP contribution in [0.4, 0.5) is 5.82 Å². The van der Waals surface area contributed by atoms with Crippen LogP contribution in [0.5, 0.6) is 0 Å². The summed E-state index contributed by atoms with van der Waals surface area (Å²) >= 11 is 0. The number of aromatic nitrogens is 3. The number of nitrogens with one attached hydrogen (secondary N) is 3. The average molecular weight is 227 g/mol. The lowest BCUT2D eigenvalue weighted by atomic mass is 10.0. The molecule has 0 bridgehead atoms. The zero-order chi connectivity index (χ0) is 12.1. The number of hydrogen-bond donors (Lipinski definition) is 4. The van der Waals surface area contributed by atoms with Gasteiger partial charge in [-0.3, -0.25) is 9.78 Å². The van der Waals surface area contributed by atoms with E-state index in [1.807, 2.05) is 0 Å². The van der Waals surface area contributed by atoms with Gasteiger partial charge in [-0.15, -0.1) is 5.10 Å². The molecule has 0 saturated carbocycles. The van der Waals surface area contributed by atoms with Crippen LogP contribution in [-0.2, 0) is 0 Å². The minimum atomic E-state index is -0.622. The van der Waals surface area contributed by atoms with Crippen LogP contribution in [0.1, 0.15) is 20.3 Å². The van der Waals surface area contributed by atoms with E-state index >= 15 is 0 Å². The first-order valence-electron chi connectivity index (χ1n) is 5.18. The highest BCUT2D eigenvalue weighted by Gasteiger charge is 2.11. The fraction of sp³-hybridized carbons (Fsp3) is 0.667. The molecule has 16 heavy (non-hydrogen) atoms. The van der Waals surface area contributed by atoms with Crippen LogP contribution < -0.4 is 22.3 Å². The Bertz CT molecular complexity index is 436. The Labute approximate surface area is 92.5 Å². The van der Waals surface area contributed by atoms with E-state index in [0.717, 1.165) is 6.42 Å². The fourth-order valence-electron chi connectivity index (χ4n) is 1.42. The highest BCUT2D eigenvalue weighted by Crippen LogP contribution is 2.06. The lowest BCUT2D eigenvalue weighted by molar-refractivity contribution is 0.519.